The minimum absolute atomic E-state index is 0.595. The SMILES string of the molecule is Cc1ccc(-c2nnnn2-c2cccc(Cl)c2Br)cc1N. The monoisotopic (exact) mass is 363 g/mol. The number of benzene rings is 2. The van der Waals surface area contributed by atoms with Gasteiger partial charge in [-0.15, -0.1) is 5.10 Å². The molecule has 0 saturated carbocycles. The van der Waals surface area contributed by atoms with Crippen molar-refractivity contribution in [1.82, 2.24) is 20.2 Å². The van der Waals surface area contributed by atoms with Gasteiger partial charge in [-0.1, -0.05) is 29.8 Å². The summed E-state index contributed by atoms with van der Waals surface area (Å²) >= 11 is 9.59. The van der Waals surface area contributed by atoms with Crippen molar-refractivity contribution < 1.29 is 0 Å². The molecular formula is C14H11BrClN5. The van der Waals surface area contributed by atoms with Crippen LogP contribution in [0.25, 0.3) is 17.1 Å². The van der Waals surface area contributed by atoms with Crippen LogP contribution in [0, 0.1) is 6.92 Å². The molecule has 21 heavy (non-hydrogen) atoms. The highest BCUT2D eigenvalue weighted by Crippen LogP contribution is 2.31. The van der Waals surface area contributed by atoms with Gasteiger partial charge in [0.1, 0.15) is 0 Å². The summed E-state index contributed by atoms with van der Waals surface area (Å²) in [5.41, 5.74) is 9.29. The zero-order chi connectivity index (χ0) is 15.0. The molecule has 0 bridgehead atoms. The molecule has 1 aromatic heterocycles. The van der Waals surface area contributed by atoms with Crippen molar-refractivity contribution in [2.45, 2.75) is 6.92 Å². The third-order valence-corrected chi connectivity index (χ3v) is 4.54. The van der Waals surface area contributed by atoms with Gasteiger partial charge in [-0.3, -0.25) is 0 Å². The first kappa shape index (κ1) is 14.0. The number of nitrogens with two attached hydrogens (primary N) is 1. The zero-order valence-corrected chi connectivity index (χ0v) is 13.4. The molecule has 3 aromatic rings. The number of halogens is 2. The maximum absolute atomic E-state index is 6.13. The summed E-state index contributed by atoms with van der Waals surface area (Å²) in [4.78, 5) is 0. The minimum atomic E-state index is 0.595. The Labute approximate surface area is 134 Å². The van der Waals surface area contributed by atoms with E-state index in [1.807, 2.05) is 37.3 Å². The molecule has 0 saturated heterocycles. The van der Waals surface area contributed by atoms with Crippen LogP contribution in [0.2, 0.25) is 5.02 Å². The van der Waals surface area contributed by atoms with E-state index in [1.54, 1.807) is 10.7 Å². The van der Waals surface area contributed by atoms with Crippen LogP contribution in [0.15, 0.2) is 40.9 Å². The quantitative estimate of drug-likeness (QED) is 0.705. The van der Waals surface area contributed by atoms with Gasteiger partial charge in [-0.25, -0.2) is 0 Å². The number of aryl methyl sites for hydroxylation is 1. The molecule has 1 heterocycles. The lowest BCUT2D eigenvalue weighted by molar-refractivity contribution is 0.789. The topological polar surface area (TPSA) is 69.6 Å². The minimum Gasteiger partial charge on any atom is -0.398 e. The Bertz CT molecular complexity index is 815. The van der Waals surface area contributed by atoms with Gasteiger partial charge in [-0.2, -0.15) is 4.68 Å². The average molecular weight is 365 g/mol. The van der Waals surface area contributed by atoms with E-state index >= 15 is 0 Å². The van der Waals surface area contributed by atoms with E-state index in [0.717, 1.165) is 21.3 Å². The molecule has 3 rings (SSSR count). The predicted molar refractivity (Wildman–Crippen MR) is 86.4 cm³/mol. The van der Waals surface area contributed by atoms with Crippen molar-refractivity contribution in [2.24, 2.45) is 0 Å². The Kier molecular flexibility index (Phi) is 3.65. The van der Waals surface area contributed by atoms with Gasteiger partial charge in [0.2, 0.25) is 0 Å². The molecule has 7 heteroatoms. The average Bonchev–Trinajstić information content (AvgIpc) is 2.94. The van der Waals surface area contributed by atoms with E-state index in [9.17, 15) is 0 Å². The molecule has 2 aromatic carbocycles. The highest BCUT2D eigenvalue weighted by Gasteiger charge is 2.15. The lowest BCUT2D eigenvalue weighted by atomic mass is 10.1. The number of nitrogen functional groups attached to an aromatic ring is 1. The number of anilines is 1. The molecule has 5 nitrogen and oxygen atoms in total. The molecule has 0 aliphatic heterocycles. The fourth-order valence-corrected chi connectivity index (χ4v) is 2.57. The van der Waals surface area contributed by atoms with E-state index in [1.165, 1.54) is 0 Å². The summed E-state index contributed by atoms with van der Waals surface area (Å²) in [6.07, 6.45) is 0. The molecule has 0 spiro atoms. The van der Waals surface area contributed by atoms with Crippen molar-refractivity contribution in [3.05, 3.63) is 51.5 Å². The Balaban J connectivity index is 2.17. The normalized spacial score (nSPS) is 10.8. The maximum Gasteiger partial charge on any atom is 0.187 e. The van der Waals surface area contributed by atoms with E-state index in [0.29, 0.717) is 16.5 Å². The molecule has 0 amide bonds. The van der Waals surface area contributed by atoms with Crippen molar-refractivity contribution in [3.8, 4) is 17.1 Å². The van der Waals surface area contributed by atoms with Gasteiger partial charge in [0.05, 0.1) is 15.2 Å². The van der Waals surface area contributed by atoms with E-state index in [4.69, 9.17) is 17.3 Å². The van der Waals surface area contributed by atoms with Crippen molar-refractivity contribution in [2.75, 3.05) is 5.73 Å². The third kappa shape index (κ3) is 2.52. The summed E-state index contributed by atoms with van der Waals surface area (Å²) in [5.74, 6) is 0.602. The summed E-state index contributed by atoms with van der Waals surface area (Å²) in [6.45, 7) is 1.95. The standard InChI is InChI=1S/C14H11BrClN5/c1-8-5-6-9(7-11(8)17)14-18-19-20-21(14)12-4-2-3-10(16)13(12)15/h2-7H,17H2,1H3. The molecule has 0 fully saturated rings. The van der Waals surface area contributed by atoms with Crippen LogP contribution in [-0.4, -0.2) is 20.2 Å². The van der Waals surface area contributed by atoms with Gasteiger partial charge < -0.3 is 5.73 Å². The summed E-state index contributed by atoms with van der Waals surface area (Å²) < 4.78 is 2.36. The van der Waals surface area contributed by atoms with Crippen molar-refractivity contribution in [3.63, 3.8) is 0 Å². The van der Waals surface area contributed by atoms with E-state index < -0.39 is 0 Å². The van der Waals surface area contributed by atoms with Crippen LogP contribution in [0.3, 0.4) is 0 Å². The van der Waals surface area contributed by atoms with Gasteiger partial charge in [0.25, 0.3) is 0 Å². The highest BCUT2D eigenvalue weighted by molar-refractivity contribution is 9.10. The number of nitrogens with zero attached hydrogens (tertiary/aromatic N) is 4. The molecule has 0 aliphatic rings. The fraction of sp³-hybridized carbons (Fsp3) is 0.0714. The smallest absolute Gasteiger partial charge is 0.187 e. The second-order valence-corrected chi connectivity index (χ2v) is 5.76. The van der Waals surface area contributed by atoms with Crippen molar-refractivity contribution >= 4 is 33.2 Å². The maximum atomic E-state index is 6.13. The van der Waals surface area contributed by atoms with Gasteiger partial charge in [0, 0.05) is 11.3 Å². The lowest BCUT2D eigenvalue weighted by Crippen LogP contribution is -2.01. The Morgan fingerprint density at radius 2 is 2.05 bits per heavy atom. The Morgan fingerprint density at radius 3 is 2.81 bits per heavy atom. The number of hydrogen-bond donors (Lipinski definition) is 1. The van der Waals surface area contributed by atoms with Crippen LogP contribution >= 0.6 is 27.5 Å². The fourth-order valence-electron chi connectivity index (χ4n) is 1.96. The molecule has 0 unspecified atom stereocenters. The first-order valence-corrected chi connectivity index (χ1v) is 7.34. The molecule has 2 N–H and O–H groups in total. The summed E-state index contributed by atoms with van der Waals surface area (Å²) in [6, 6.07) is 11.3. The van der Waals surface area contributed by atoms with Crippen LogP contribution in [0.1, 0.15) is 5.56 Å². The van der Waals surface area contributed by atoms with Crippen LogP contribution in [0.5, 0.6) is 0 Å². The number of rotatable bonds is 2. The van der Waals surface area contributed by atoms with Gasteiger partial charge >= 0.3 is 0 Å². The molecule has 0 aliphatic carbocycles. The van der Waals surface area contributed by atoms with Gasteiger partial charge in [-0.05, 0) is 57.0 Å². The zero-order valence-electron chi connectivity index (χ0n) is 11.1. The van der Waals surface area contributed by atoms with Crippen LogP contribution in [0.4, 0.5) is 5.69 Å². The summed E-state index contributed by atoms with van der Waals surface area (Å²) in [7, 11) is 0. The van der Waals surface area contributed by atoms with Gasteiger partial charge in [0.15, 0.2) is 5.82 Å². The largest absolute Gasteiger partial charge is 0.398 e. The molecule has 106 valence electrons. The number of aromatic nitrogens is 4. The Hall–Kier alpha value is -1.92. The first-order valence-electron chi connectivity index (χ1n) is 6.17. The highest BCUT2D eigenvalue weighted by atomic mass is 79.9. The van der Waals surface area contributed by atoms with E-state index in [-0.39, 0.29) is 0 Å². The van der Waals surface area contributed by atoms with E-state index in [2.05, 4.69) is 31.5 Å². The second-order valence-electron chi connectivity index (χ2n) is 4.56. The Morgan fingerprint density at radius 1 is 1.24 bits per heavy atom. The molecule has 0 atom stereocenters. The number of hydrogen-bond acceptors (Lipinski definition) is 4. The van der Waals surface area contributed by atoms with Crippen LogP contribution in [-0.2, 0) is 0 Å². The summed E-state index contributed by atoms with van der Waals surface area (Å²) in [5, 5.41) is 12.5. The molecular weight excluding hydrogens is 354 g/mol. The molecule has 0 radical (unpaired) electrons. The van der Waals surface area contributed by atoms with Crippen LogP contribution < -0.4 is 5.73 Å². The first-order chi connectivity index (χ1) is 10.1. The van der Waals surface area contributed by atoms with Crippen molar-refractivity contribution in [1.29, 1.82) is 0 Å². The second kappa shape index (κ2) is 5.46. The number of tetrazole rings is 1. The lowest BCUT2D eigenvalue weighted by Gasteiger charge is -2.09. The third-order valence-electron chi connectivity index (χ3n) is 3.17. The predicted octanol–water partition coefficient (Wildman–Crippen LogP) is 3.64.